The lowest BCUT2D eigenvalue weighted by Crippen LogP contribution is -2.21. The van der Waals surface area contributed by atoms with E-state index in [-0.39, 0.29) is 28.5 Å². The second kappa shape index (κ2) is 5.53. The van der Waals surface area contributed by atoms with Crippen molar-refractivity contribution in [3.63, 3.8) is 0 Å². The molecule has 0 bridgehead atoms. The van der Waals surface area contributed by atoms with Crippen molar-refractivity contribution in [2.24, 2.45) is 0 Å². The van der Waals surface area contributed by atoms with Gasteiger partial charge in [-0.1, -0.05) is 0 Å². The summed E-state index contributed by atoms with van der Waals surface area (Å²) in [7, 11) is -2.29. The van der Waals surface area contributed by atoms with Crippen molar-refractivity contribution in [1.82, 2.24) is 19.9 Å². The van der Waals surface area contributed by atoms with Crippen LogP contribution in [-0.2, 0) is 10.1 Å². The molecule has 10 nitrogen and oxygen atoms in total. The predicted octanol–water partition coefficient (Wildman–Crippen LogP) is -0.0465. The van der Waals surface area contributed by atoms with Crippen molar-refractivity contribution in [1.29, 1.82) is 0 Å². The molecule has 0 saturated heterocycles. The molecular weight excluding hydrogens is 340 g/mol. The number of rotatable bonds is 4. The molecule has 24 heavy (non-hydrogen) atoms. The molecule has 3 aromatic rings. The fraction of sp³-hybridized carbons (Fsp3) is 0.154. The van der Waals surface area contributed by atoms with Crippen LogP contribution >= 0.6 is 0 Å². The van der Waals surface area contributed by atoms with Crippen LogP contribution in [0.25, 0.3) is 22.6 Å². The Morgan fingerprint density at radius 1 is 1.12 bits per heavy atom. The highest BCUT2D eigenvalue weighted by molar-refractivity contribution is 7.86. The minimum atomic E-state index is -3.67. The van der Waals surface area contributed by atoms with E-state index in [0.717, 1.165) is 6.26 Å². The van der Waals surface area contributed by atoms with Crippen molar-refractivity contribution < 1.29 is 17.3 Å². The van der Waals surface area contributed by atoms with Gasteiger partial charge in [0.05, 0.1) is 18.9 Å². The van der Waals surface area contributed by atoms with Crippen LogP contribution < -0.4 is 20.2 Å². The van der Waals surface area contributed by atoms with Crippen LogP contribution in [0, 0.1) is 0 Å². The molecule has 0 aliphatic rings. The van der Waals surface area contributed by atoms with Gasteiger partial charge in [0.15, 0.2) is 5.65 Å². The zero-order chi connectivity index (χ0) is 17.5. The van der Waals surface area contributed by atoms with Crippen LogP contribution in [0.1, 0.15) is 0 Å². The van der Waals surface area contributed by atoms with E-state index in [4.69, 9.17) is 8.92 Å². The highest BCUT2D eigenvalue weighted by Gasteiger charge is 2.15. The molecular formula is C13H12N4O6S. The molecule has 0 spiro atoms. The average Bonchev–Trinajstić information content (AvgIpc) is 2.89. The average molecular weight is 352 g/mol. The first kappa shape index (κ1) is 15.8. The molecule has 126 valence electrons. The zero-order valence-electron chi connectivity index (χ0n) is 12.5. The Morgan fingerprint density at radius 3 is 2.54 bits per heavy atom. The number of H-pyrrole nitrogens is 3. The number of aromatic amines is 3. The van der Waals surface area contributed by atoms with Crippen LogP contribution in [0.15, 0.2) is 27.8 Å². The molecule has 3 N–H and O–H groups in total. The van der Waals surface area contributed by atoms with Crippen molar-refractivity contribution in [2.45, 2.75) is 0 Å². The molecule has 0 atom stereocenters. The Morgan fingerprint density at radius 2 is 1.88 bits per heavy atom. The molecule has 11 heteroatoms. The van der Waals surface area contributed by atoms with Crippen LogP contribution in [0.5, 0.6) is 11.5 Å². The molecule has 0 radical (unpaired) electrons. The van der Waals surface area contributed by atoms with Gasteiger partial charge in [-0.25, -0.2) is 9.78 Å². The van der Waals surface area contributed by atoms with Gasteiger partial charge in [0.1, 0.15) is 22.8 Å². The number of ether oxygens (including phenoxy) is 1. The number of aromatic nitrogens is 4. The van der Waals surface area contributed by atoms with Crippen LogP contribution in [0.2, 0.25) is 0 Å². The summed E-state index contributed by atoms with van der Waals surface area (Å²) in [6.07, 6.45) is 0.926. The lowest BCUT2D eigenvalue weighted by Gasteiger charge is -2.09. The second-order valence-corrected chi connectivity index (χ2v) is 6.44. The standard InChI is InChI=1S/C13H12N4O6S/c1-22-8-5-6(23-24(2,20)21)3-4-7(8)10-14-9-11(15-10)16-13(19)17-12(9)18/h3-5H,1-2H3,(H3,14,15,16,17,18,19). The lowest BCUT2D eigenvalue weighted by molar-refractivity contribution is 0.413. The van der Waals surface area contributed by atoms with Crippen molar-refractivity contribution in [3.8, 4) is 22.9 Å². The van der Waals surface area contributed by atoms with E-state index in [1.54, 1.807) is 0 Å². The largest absolute Gasteiger partial charge is 0.496 e. The fourth-order valence-electron chi connectivity index (χ4n) is 2.15. The van der Waals surface area contributed by atoms with Gasteiger partial charge in [-0.05, 0) is 12.1 Å². The Kier molecular flexibility index (Phi) is 3.64. The van der Waals surface area contributed by atoms with Gasteiger partial charge >= 0.3 is 15.8 Å². The molecule has 2 heterocycles. The molecule has 0 saturated carbocycles. The topological polar surface area (TPSA) is 147 Å². The third kappa shape index (κ3) is 3.01. The molecule has 1 aromatic carbocycles. The predicted molar refractivity (Wildman–Crippen MR) is 84.8 cm³/mol. The Labute approximate surface area is 134 Å². The molecule has 3 rings (SSSR count). The summed E-state index contributed by atoms with van der Waals surface area (Å²) in [4.78, 5) is 34.5. The number of hydrogen-bond donors (Lipinski definition) is 3. The molecule has 2 aromatic heterocycles. The molecule has 0 aliphatic carbocycles. The molecule has 0 fully saturated rings. The third-order valence-corrected chi connectivity index (χ3v) is 3.56. The van der Waals surface area contributed by atoms with E-state index in [9.17, 15) is 18.0 Å². The number of nitrogens with one attached hydrogen (secondary N) is 3. The van der Waals surface area contributed by atoms with Crippen LogP contribution in [0.3, 0.4) is 0 Å². The van der Waals surface area contributed by atoms with Crippen LogP contribution in [0.4, 0.5) is 0 Å². The molecule has 0 amide bonds. The number of methoxy groups -OCH3 is 1. The highest BCUT2D eigenvalue weighted by atomic mass is 32.2. The summed E-state index contributed by atoms with van der Waals surface area (Å²) in [6, 6.07) is 4.30. The second-order valence-electron chi connectivity index (χ2n) is 4.87. The monoisotopic (exact) mass is 352 g/mol. The molecule has 0 aliphatic heterocycles. The number of benzene rings is 1. The van der Waals surface area contributed by atoms with Gasteiger partial charge < -0.3 is 13.9 Å². The van der Waals surface area contributed by atoms with Gasteiger partial charge in [0.25, 0.3) is 5.56 Å². The zero-order valence-corrected chi connectivity index (χ0v) is 13.4. The van der Waals surface area contributed by atoms with Gasteiger partial charge in [-0.3, -0.25) is 14.8 Å². The summed E-state index contributed by atoms with van der Waals surface area (Å²) < 4.78 is 32.4. The summed E-state index contributed by atoms with van der Waals surface area (Å²) in [6.45, 7) is 0. The van der Waals surface area contributed by atoms with E-state index in [2.05, 4.69) is 19.9 Å². The third-order valence-electron chi connectivity index (χ3n) is 3.07. The van der Waals surface area contributed by atoms with E-state index < -0.39 is 21.4 Å². The van der Waals surface area contributed by atoms with Crippen molar-refractivity contribution in [3.05, 3.63) is 39.0 Å². The van der Waals surface area contributed by atoms with Gasteiger partial charge in [0.2, 0.25) is 0 Å². The number of imidazole rings is 1. The highest BCUT2D eigenvalue weighted by Crippen LogP contribution is 2.32. The maximum Gasteiger partial charge on any atom is 0.327 e. The number of fused-ring (bicyclic) bond motifs is 1. The fourth-order valence-corrected chi connectivity index (χ4v) is 2.61. The molecule has 0 unspecified atom stereocenters. The first-order valence-electron chi connectivity index (χ1n) is 6.57. The van der Waals surface area contributed by atoms with Gasteiger partial charge in [0, 0.05) is 6.07 Å². The first-order valence-corrected chi connectivity index (χ1v) is 8.38. The van der Waals surface area contributed by atoms with Gasteiger partial charge in [-0.15, -0.1) is 0 Å². The minimum Gasteiger partial charge on any atom is -0.496 e. The maximum atomic E-state index is 11.7. The van der Waals surface area contributed by atoms with E-state index >= 15 is 0 Å². The summed E-state index contributed by atoms with van der Waals surface area (Å²) in [5.74, 6) is 0.606. The Balaban J connectivity index is 2.14. The van der Waals surface area contributed by atoms with Gasteiger partial charge in [-0.2, -0.15) is 8.42 Å². The normalized spacial score (nSPS) is 11.6. The van der Waals surface area contributed by atoms with E-state index in [1.165, 1.54) is 25.3 Å². The Hall–Kier alpha value is -3.08. The van der Waals surface area contributed by atoms with Crippen LogP contribution in [-0.4, -0.2) is 41.7 Å². The van der Waals surface area contributed by atoms with E-state index in [0.29, 0.717) is 5.56 Å². The quantitative estimate of drug-likeness (QED) is 0.558. The Bertz CT molecular complexity index is 1140. The minimum absolute atomic E-state index is 0.0699. The van der Waals surface area contributed by atoms with Crippen molar-refractivity contribution in [2.75, 3.05) is 13.4 Å². The lowest BCUT2D eigenvalue weighted by atomic mass is 10.2. The summed E-state index contributed by atoms with van der Waals surface area (Å²) in [5, 5.41) is 0. The summed E-state index contributed by atoms with van der Waals surface area (Å²) in [5.41, 5.74) is -0.631. The number of hydrogen-bond acceptors (Lipinski definition) is 7. The number of nitrogens with zero attached hydrogens (tertiary/aromatic N) is 1. The van der Waals surface area contributed by atoms with Crippen molar-refractivity contribution >= 4 is 21.3 Å². The first-order chi connectivity index (χ1) is 11.3. The smallest absolute Gasteiger partial charge is 0.327 e. The summed E-state index contributed by atoms with van der Waals surface area (Å²) >= 11 is 0. The van der Waals surface area contributed by atoms with E-state index in [1.807, 2.05) is 0 Å². The maximum absolute atomic E-state index is 11.7. The SMILES string of the molecule is COc1cc(OS(C)(=O)=O)ccc1-c1nc2[nH]c(=O)[nH]c(=O)c2[nH]1.